The molecule has 0 saturated carbocycles. The number of ether oxygens (including phenoxy) is 1. The second kappa shape index (κ2) is 11.3. The molecule has 1 amide bonds. The summed E-state index contributed by atoms with van der Waals surface area (Å²) in [6.45, 7) is 0.411. The maximum atomic E-state index is 12.9. The van der Waals surface area contributed by atoms with Crippen LogP contribution in [0.15, 0.2) is 53.4 Å². The van der Waals surface area contributed by atoms with E-state index in [9.17, 15) is 18.0 Å². The number of halogens is 1. The van der Waals surface area contributed by atoms with E-state index < -0.39 is 28.5 Å². The Bertz CT molecular complexity index is 1140. The molecule has 1 heterocycles. The number of benzene rings is 2. The van der Waals surface area contributed by atoms with E-state index in [4.69, 9.17) is 21.6 Å². The van der Waals surface area contributed by atoms with Crippen molar-refractivity contribution in [3.63, 3.8) is 0 Å². The molecule has 1 saturated heterocycles. The molecule has 174 valence electrons. The van der Waals surface area contributed by atoms with Crippen LogP contribution >= 0.6 is 11.6 Å². The standard InChI is InChI=1S/C23H24ClN3O5S/c24-21-11-10-19(33(30,31)26-13-5-2-6-14-26)16-20(21)23(29)32-17-22(28)27(15-7-12-25)18-8-3-1-4-9-18/h1,3-4,8-11,16H,2,5-7,13-15,17H2. The van der Waals surface area contributed by atoms with Crippen LogP contribution in [0.3, 0.4) is 0 Å². The van der Waals surface area contributed by atoms with Crippen LogP contribution in [-0.4, -0.2) is 50.8 Å². The molecule has 33 heavy (non-hydrogen) atoms. The molecule has 3 rings (SSSR count). The van der Waals surface area contributed by atoms with Gasteiger partial charge >= 0.3 is 5.97 Å². The van der Waals surface area contributed by atoms with E-state index in [0.29, 0.717) is 18.8 Å². The highest BCUT2D eigenvalue weighted by Gasteiger charge is 2.28. The fourth-order valence-corrected chi connectivity index (χ4v) is 5.26. The number of esters is 1. The van der Waals surface area contributed by atoms with Gasteiger partial charge in [0.25, 0.3) is 5.91 Å². The summed E-state index contributed by atoms with van der Waals surface area (Å²) in [5.41, 5.74) is 0.437. The van der Waals surface area contributed by atoms with Gasteiger partial charge in [-0.1, -0.05) is 36.2 Å². The summed E-state index contributed by atoms with van der Waals surface area (Å²) in [5.74, 6) is -1.42. The van der Waals surface area contributed by atoms with Crippen molar-refractivity contribution in [2.75, 3.05) is 31.1 Å². The summed E-state index contributed by atoms with van der Waals surface area (Å²) in [7, 11) is -3.76. The Morgan fingerprint density at radius 2 is 1.79 bits per heavy atom. The SMILES string of the molecule is N#CCCN(C(=O)COC(=O)c1cc(S(=O)(=O)N2CCCCC2)ccc1Cl)c1ccccc1. The Labute approximate surface area is 198 Å². The van der Waals surface area contributed by atoms with Gasteiger partial charge in [-0.15, -0.1) is 0 Å². The molecule has 0 aromatic heterocycles. The number of carbonyl (C=O) groups is 2. The number of hydrogen-bond acceptors (Lipinski definition) is 6. The third-order valence-electron chi connectivity index (χ3n) is 5.25. The lowest BCUT2D eigenvalue weighted by atomic mass is 10.2. The predicted molar refractivity (Wildman–Crippen MR) is 123 cm³/mol. The molecule has 2 aromatic rings. The lowest BCUT2D eigenvalue weighted by Gasteiger charge is -2.26. The third kappa shape index (κ3) is 6.11. The van der Waals surface area contributed by atoms with E-state index in [2.05, 4.69) is 0 Å². The van der Waals surface area contributed by atoms with Crippen LogP contribution in [0.1, 0.15) is 36.0 Å². The van der Waals surface area contributed by atoms with E-state index in [0.717, 1.165) is 19.3 Å². The topological polar surface area (TPSA) is 108 Å². The second-order valence-electron chi connectivity index (χ2n) is 7.47. The monoisotopic (exact) mass is 489 g/mol. The predicted octanol–water partition coefficient (Wildman–Crippen LogP) is 3.62. The normalized spacial score (nSPS) is 14.3. The minimum atomic E-state index is -3.76. The van der Waals surface area contributed by atoms with Gasteiger partial charge in [0.15, 0.2) is 6.61 Å². The number of carbonyl (C=O) groups excluding carboxylic acids is 2. The van der Waals surface area contributed by atoms with Gasteiger partial charge in [-0.05, 0) is 43.2 Å². The number of amides is 1. The first-order valence-corrected chi connectivity index (χ1v) is 12.4. The number of para-hydroxylation sites is 1. The van der Waals surface area contributed by atoms with E-state index >= 15 is 0 Å². The number of nitrogens with zero attached hydrogens (tertiary/aromatic N) is 3. The van der Waals surface area contributed by atoms with Crippen molar-refractivity contribution in [1.82, 2.24) is 4.31 Å². The molecule has 0 spiro atoms. The molecule has 1 aliphatic rings. The number of hydrogen-bond donors (Lipinski definition) is 0. The average Bonchev–Trinajstić information content (AvgIpc) is 2.84. The summed E-state index contributed by atoms with van der Waals surface area (Å²) in [5, 5.41) is 8.91. The molecule has 1 fully saturated rings. The first kappa shape index (κ1) is 24.7. The molecule has 2 aromatic carbocycles. The maximum Gasteiger partial charge on any atom is 0.340 e. The Hall–Kier alpha value is -2.93. The van der Waals surface area contributed by atoms with E-state index in [1.54, 1.807) is 30.3 Å². The number of sulfonamides is 1. The first-order valence-electron chi connectivity index (χ1n) is 10.5. The van der Waals surface area contributed by atoms with Crippen molar-refractivity contribution in [2.24, 2.45) is 0 Å². The van der Waals surface area contributed by atoms with Gasteiger partial charge in [-0.2, -0.15) is 9.57 Å². The van der Waals surface area contributed by atoms with Crippen LogP contribution < -0.4 is 4.90 Å². The third-order valence-corrected chi connectivity index (χ3v) is 7.48. The quantitative estimate of drug-likeness (QED) is 0.524. The summed E-state index contributed by atoms with van der Waals surface area (Å²) in [6, 6.07) is 14.6. The minimum absolute atomic E-state index is 0.0226. The molecule has 10 heteroatoms. The summed E-state index contributed by atoms with van der Waals surface area (Å²) in [6.07, 6.45) is 2.66. The maximum absolute atomic E-state index is 12.9. The van der Waals surface area contributed by atoms with Crippen molar-refractivity contribution >= 4 is 39.2 Å². The van der Waals surface area contributed by atoms with Gasteiger partial charge in [0.1, 0.15) is 0 Å². The molecular weight excluding hydrogens is 466 g/mol. The second-order valence-corrected chi connectivity index (χ2v) is 9.82. The van der Waals surface area contributed by atoms with Gasteiger partial charge in [-0.25, -0.2) is 13.2 Å². The highest BCUT2D eigenvalue weighted by Crippen LogP contribution is 2.26. The Balaban J connectivity index is 1.73. The largest absolute Gasteiger partial charge is 0.452 e. The lowest BCUT2D eigenvalue weighted by molar-refractivity contribution is -0.121. The Morgan fingerprint density at radius 1 is 1.09 bits per heavy atom. The first-order chi connectivity index (χ1) is 15.8. The van der Waals surface area contributed by atoms with Crippen LogP contribution in [0.25, 0.3) is 0 Å². The molecule has 0 radical (unpaired) electrons. The van der Waals surface area contributed by atoms with E-state index in [-0.39, 0.29) is 28.4 Å². The minimum Gasteiger partial charge on any atom is -0.452 e. The molecule has 1 aliphatic heterocycles. The Kier molecular flexibility index (Phi) is 8.44. The summed E-state index contributed by atoms with van der Waals surface area (Å²) < 4.78 is 32.4. The van der Waals surface area contributed by atoms with Crippen molar-refractivity contribution in [1.29, 1.82) is 5.26 Å². The molecule has 0 bridgehead atoms. The van der Waals surface area contributed by atoms with Crippen LogP contribution in [0, 0.1) is 11.3 Å². The van der Waals surface area contributed by atoms with Crippen LogP contribution in [0.2, 0.25) is 5.02 Å². The van der Waals surface area contributed by atoms with E-state index in [1.165, 1.54) is 27.4 Å². The fraction of sp³-hybridized carbons (Fsp3) is 0.348. The smallest absolute Gasteiger partial charge is 0.340 e. The summed E-state index contributed by atoms with van der Waals surface area (Å²) in [4.78, 5) is 26.7. The number of anilines is 1. The molecule has 0 N–H and O–H groups in total. The average molecular weight is 490 g/mol. The zero-order chi connectivity index (χ0) is 23.8. The Morgan fingerprint density at radius 3 is 2.45 bits per heavy atom. The zero-order valence-electron chi connectivity index (χ0n) is 17.9. The summed E-state index contributed by atoms with van der Waals surface area (Å²) >= 11 is 6.13. The highest BCUT2D eigenvalue weighted by atomic mass is 35.5. The van der Waals surface area contributed by atoms with Crippen LogP contribution in [-0.2, 0) is 19.6 Å². The van der Waals surface area contributed by atoms with Crippen molar-refractivity contribution in [2.45, 2.75) is 30.6 Å². The van der Waals surface area contributed by atoms with Crippen LogP contribution in [0.4, 0.5) is 5.69 Å². The number of piperidine rings is 1. The molecule has 0 aliphatic carbocycles. The van der Waals surface area contributed by atoms with Crippen molar-refractivity contribution in [3.05, 3.63) is 59.1 Å². The van der Waals surface area contributed by atoms with Gasteiger partial charge in [-0.3, -0.25) is 4.79 Å². The molecule has 0 unspecified atom stereocenters. The van der Waals surface area contributed by atoms with E-state index in [1.807, 2.05) is 6.07 Å². The van der Waals surface area contributed by atoms with Crippen LogP contribution in [0.5, 0.6) is 0 Å². The number of rotatable bonds is 8. The van der Waals surface area contributed by atoms with Gasteiger partial charge < -0.3 is 9.64 Å². The molecule has 0 atom stereocenters. The fourth-order valence-electron chi connectivity index (χ4n) is 3.53. The van der Waals surface area contributed by atoms with Crippen molar-refractivity contribution in [3.8, 4) is 6.07 Å². The molecular formula is C23H24ClN3O5S. The van der Waals surface area contributed by atoms with Gasteiger partial charge in [0.2, 0.25) is 10.0 Å². The number of nitriles is 1. The van der Waals surface area contributed by atoms with Crippen molar-refractivity contribution < 1.29 is 22.7 Å². The highest BCUT2D eigenvalue weighted by molar-refractivity contribution is 7.89. The molecule has 8 nitrogen and oxygen atoms in total. The zero-order valence-corrected chi connectivity index (χ0v) is 19.5. The van der Waals surface area contributed by atoms with Gasteiger partial charge in [0.05, 0.1) is 28.0 Å². The van der Waals surface area contributed by atoms with Gasteiger partial charge in [0, 0.05) is 25.3 Å². The lowest BCUT2D eigenvalue weighted by Crippen LogP contribution is -2.36.